The number of benzene rings is 1. The normalized spacial score (nSPS) is 19.1. The van der Waals surface area contributed by atoms with Gasteiger partial charge in [-0.05, 0) is 24.5 Å². The quantitative estimate of drug-likeness (QED) is 0.344. The van der Waals surface area contributed by atoms with Crippen molar-refractivity contribution in [2.75, 3.05) is 0 Å². The van der Waals surface area contributed by atoms with Crippen molar-refractivity contribution >= 4 is 23.9 Å². The molecule has 1 aromatic rings. The molecule has 0 bridgehead atoms. The first kappa shape index (κ1) is 15.9. The number of aliphatic imine (C=N–C) groups is 1. The van der Waals surface area contributed by atoms with Crippen molar-refractivity contribution < 1.29 is 24.2 Å². The highest BCUT2D eigenvalue weighted by atomic mass is 16.5. The van der Waals surface area contributed by atoms with Crippen LogP contribution in [-0.2, 0) is 9.59 Å². The highest BCUT2D eigenvalue weighted by Crippen LogP contribution is 2.27. The van der Waals surface area contributed by atoms with Crippen molar-refractivity contribution in [1.29, 1.82) is 0 Å². The number of rotatable bonds is 5. The van der Waals surface area contributed by atoms with Gasteiger partial charge in [-0.2, -0.15) is 0 Å². The second kappa shape index (κ2) is 6.51. The Hall–Kier alpha value is -2.50. The van der Waals surface area contributed by atoms with Gasteiger partial charge in [0, 0.05) is 6.21 Å². The van der Waals surface area contributed by atoms with Crippen LogP contribution in [0.25, 0.3) is 0 Å². The molecule has 1 aromatic carbocycles. The van der Waals surface area contributed by atoms with E-state index in [1.165, 1.54) is 6.07 Å². The molecule has 0 amide bonds. The average Bonchev–Trinajstić information content (AvgIpc) is 2.45. The summed E-state index contributed by atoms with van der Waals surface area (Å²) in [6, 6.07) is 5.31. The maximum Gasteiger partial charge on any atom is 0.327 e. The van der Waals surface area contributed by atoms with Crippen molar-refractivity contribution in [1.82, 2.24) is 0 Å². The summed E-state index contributed by atoms with van der Waals surface area (Å²) in [5.74, 6) is -3.45. The number of esters is 1. The topological polar surface area (TPSA) is 95.9 Å². The van der Waals surface area contributed by atoms with Crippen LogP contribution in [0.15, 0.2) is 29.3 Å². The number of ketones is 1. The van der Waals surface area contributed by atoms with Gasteiger partial charge in [-0.15, -0.1) is 0 Å². The smallest absolute Gasteiger partial charge is 0.327 e. The zero-order valence-corrected chi connectivity index (χ0v) is 12.3. The first-order chi connectivity index (χ1) is 10.4. The van der Waals surface area contributed by atoms with Crippen LogP contribution in [0.1, 0.15) is 30.6 Å². The third kappa shape index (κ3) is 3.39. The first-order valence-electron chi connectivity index (χ1n) is 6.99. The molecule has 1 aliphatic heterocycles. The molecular weight excluding hydrogens is 286 g/mol. The molecule has 0 aromatic heterocycles. The Kier molecular flexibility index (Phi) is 4.70. The minimum atomic E-state index is -1.33. The Bertz CT molecular complexity index is 635. The lowest BCUT2D eigenvalue weighted by molar-refractivity contribution is -0.307. The first-order valence-corrected chi connectivity index (χ1v) is 6.99. The highest BCUT2D eigenvalue weighted by molar-refractivity contribution is 6.22. The predicted octanol–water partition coefficient (Wildman–Crippen LogP) is 0.640. The molecule has 0 saturated carbocycles. The molecule has 0 fully saturated rings. The summed E-state index contributed by atoms with van der Waals surface area (Å²) >= 11 is 0. The van der Waals surface area contributed by atoms with Crippen LogP contribution < -0.4 is 9.84 Å². The summed E-state index contributed by atoms with van der Waals surface area (Å²) in [6.07, 6.45) is 1.33. The van der Waals surface area contributed by atoms with E-state index in [2.05, 4.69) is 4.99 Å². The van der Waals surface area contributed by atoms with Gasteiger partial charge in [0.2, 0.25) is 0 Å². The molecule has 6 nitrogen and oxygen atoms in total. The number of hydrogen-bond donors (Lipinski definition) is 0. The van der Waals surface area contributed by atoms with Crippen LogP contribution in [0.5, 0.6) is 5.75 Å². The lowest BCUT2D eigenvalue weighted by Crippen LogP contribution is -2.38. The molecule has 0 N–H and O–H groups in total. The standard InChI is InChI=1S/C16H17NO5/c1-9(2)7-12(15(19)20)17-8-11-14(18)10-5-3-4-6-13(10)22-16(11)21/h3-6,8-9,11-12H,7H2,1-2H3,(H,19,20)/p-1/t11?,12-/m0/s1. The summed E-state index contributed by atoms with van der Waals surface area (Å²) in [6.45, 7) is 3.70. The zero-order chi connectivity index (χ0) is 16.3. The molecule has 0 spiro atoms. The molecule has 6 heteroatoms. The molecule has 2 rings (SSSR count). The summed E-state index contributed by atoms with van der Waals surface area (Å²) in [7, 11) is 0. The van der Waals surface area contributed by atoms with Gasteiger partial charge >= 0.3 is 5.97 Å². The molecular formula is C16H16NO5-. The number of fused-ring (bicyclic) bond motifs is 1. The van der Waals surface area contributed by atoms with Crippen molar-refractivity contribution in [2.45, 2.75) is 26.3 Å². The molecule has 22 heavy (non-hydrogen) atoms. The number of carbonyl (C=O) groups is 3. The monoisotopic (exact) mass is 302 g/mol. The number of hydrogen-bond acceptors (Lipinski definition) is 6. The van der Waals surface area contributed by atoms with Crippen LogP contribution >= 0.6 is 0 Å². The SMILES string of the molecule is CC(C)C[C@H](N=CC1C(=O)Oc2ccccc2C1=O)C(=O)[O-]. The molecule has 116 valence electrons. The summed E-state index contributed by atoms with van der Waals surface area (Å²) in [4.78, 5) is 39.0. The molecule has 2 atom stereocenters. The predicted molar refractivity (Wildman–Crippen MR) is 76.6 cm³/mol. The van der Waals surface area contributed by atoms with E-state index >= 15 is 0 Å². The number of Topliss-reactive ketones (excluding diaryl/α,β-unsaturated/α-hetero) is 1. The molecule has 1 heterocycles. The van der Waals surface area contributed by atoms with Gasteiger partial charge in [0.1, 0.15) is 5.75 Å². The Morgan fingerprint density at radius 2 is 2.05 bits per heavy atom. The largest absolute Gasteiger partial charge is 0.548 e. The van der Waals surface area contributed by atoms with E-state index < -0.39 is 29.7 Å². The average molecular weight is 302 g/mol. The number of aliphatic carboxylic acids is 1. The number of nitrogens with zero attached hydrogens (tertiary/aromatic N) is 1. The zero-order valence-electron chi connectivity index (χ0n) is 12.3. The minimum absolute atomic E-state index is 0.0924. The molecule has 0 radical (unpaired) electrons. The summed E-state index contributed by atoms with van der Waals surface area (Å²) in [5, 5.41) is 11.0. The van der Waals surface area contributed by atoms with Crippen LogP contribution in [0.3, 0.4) is 0 Å². The van der Waals surface area contributed by atoms with Gasteiger partial charge in [-0.1, -0.05) is 26.0 Å². The van der Waals surface area contributed by atoms with Crippen LogP contribution in [-0.4, -0.2) is 30.0 Å². The number of carboxylic acids is 1. The van der Waals surface area contributed by atoms with E-state index in [1.54, 1.807) is 18.2 Å². The van der Waals surface area contributed by atoms with Gasteiger partial charge in [-0.25, -0.2) is 0 Å². The van der Waals surface area contributed by atoms with Crippen molar-refractivity contribution in [3.63, 3.8) is 0 Å². The maximum atomic E-state index is 12.3. The Labute approximate surface area is 127 Å². The number of carbonyl (C=O) groups excluding carboxylic acids is 3. The van der Waals surface area contributed by atoms with Crippen molar-refractivity contribution in [3.8, 4) is 5.75 Å². The lowest BCUT2D eigenvalue weighted by atomic mass is 9.95. The maximum absolute atomic E-state index is 12.3. The molecule has 1 unspecified atom stereocenters. The van der Waals surface area contributed by atoms with Crippen LogP contribution in [0.2, 0.25) is 0 Å². The van der Waals surface area contributed by atoms with Crippen LogP contribution in [0.4, 0.5) is 0 Å². The van der Waals surface area contributed by atoms with Gasteiger partial charge in [0.05, 0.1) is 17.6 Å². The number of para-hydroxylation sites is 1. The van der Waals surface area contributed by atoms with Gasteiger partial charge in [0.25, 0.3) is 0 Å². The van der Waals surface area contributed by atoms with E-state index in [9.17, 15) is 19.5 Å². The summed E-state index contributed by atoms with van der Waals surface area (Å²) in [5.41, 5.74) is 0.285. The Balaban J connectivity index is 2.22. The van der Waals surface area contributed by atoms with Crippen molar-refractivity contribution in [3.05, 3.63) is 29.8 Å². The second-order valence-corrected chi connectivity index (χ2v) is 5.52. The minimum Gasteiger partial charge on any atom is -0.548 e. The Morgan fingerprint density at radius 1 is 1.36 bits per heavy atom. The molecule has 0 aliphatic carbocycles. The number of carboxylic acid groups (broad SMARTS) is 1. The summed E-state index contributed by atoms with van der Waals surface area (Å²) < 4.78 is 5.07. The fourth-order valence-corrected chi connectivity index (χ4v) is 2.19. The van der Waals surface area contributed by atoms with E-state index in [0.29, 0.717) is 0 Å². The van der Waals surface area contributed by atoms with Gasteiger partial charge in [0.15, 0.2) is 11.7 Å². The molecule has 1 aliphatic rings. The molecule has 0 saturated heterocycles. The van der Waals surface area contributed by atoms with E-state index in [4.69, 9.17) is 4.74 Å². The van der Waals surface area contributed by atoms with E-state index in [0.717, 1.165) is 6.21 Å². The highest BCUT2D eigenvalue weighted by Gasteiger charge is 2.35. The van der Waals surface area contributed by atoms with Crippen molar-refractivity contribution in [2.24, 2.45) is 16.8 Å². The van der Waals surface area contributed by atoms with Gasteiger partial charge < -0.3 is 14.6 Å². The lowest BCUT2D eigenvalue weighted by Gasteiger charge is -2.20. The van der Waals surface area contributed by atoms with E-state index in [1.807, 2.05) is 13.8 Å². The van der Waals surface area contributed by atoms with Crippen LogP contribution in [0, 0.1) is 11.8 Å². The third-order valence-electron chi connectivity index (χ3n) is 3.28. The fraction of sp³-hybridized carbons (Fsp3) is 0.375. The number of ether oxygens (including phenoxy) is 1. The Morgan fingerprint density at radius 3 is 2.68 bits per heavy atom. The second-order valence-electron chi connectivity index (χ2n) is 5.52. The van der Waals surface area contributed by atoms with Gasteiger partial charge in [-0.3, -0.25) is 14.6 Å². The van der Waals surface area contributed by atoms with E-state index in [-0.39, 0.29) is 23.7 Å². The third-order valence-corrected chi connectivity index (χ3v) is 3.28. The fourth-order valence-electron chi connectivity index (χ4n) is 2.19.